The second kappa shape index (κ2) is 12.5. The monoisotopic (exact) mass is 376 g/mol. The van der Waals surface area contributed by atoms with Crippen LogP contribution in [0.4, 0.5) is 0 Å². The van der Waals surface area contributed by atoms with Crippen molar-refractivity contribution in [1.29, 1.82) is 0 Å². The Morgan fingerprint density at radius 3 is 2.56 bits per heavy atom. The number of unbranched alkanes of at least 4 members (excludes halogenated alkanes) is 3. The highest BCUT2D eigenvalue weighted by Crippen LogP contribution is 2.06. The summed E-state index contributed by atoms with van der Waals surface area (Å²) < 4.78 is 31.3. The van der Waals surface area contributed by atoms with Crippen molar-refractivity contribution in [2.45, 2.75) is 58.9 Å². The maximum atomic E-state index is 12.3. The van der Waals surface area contributed by atoms with Crippen molar-refractivity contribution in [2.75, 3.05) is 45.1 Å². The zero-order chi connectivity index (χ0) is 18.5. The van der Waals surface area contributed by atoms with E-state index in [2.05, 4.69) is 29.5 Å². The van der Waals surface area contributed by atoms with Gasteiger partial charge in [0.05, 0.1) is 25.5 Å². The van der Waals surface area contributed by atoms with E-state index in [1.807, 2.05) is 6.92 Å². The first-order chi connectivity index (χ1) is 12.0. The van der Waals surface area contributed by atoms with Gasteiger partial charge in [0.25, 0.3) is 0 Å². The van der Waals surface area contributed by atoms with Gasteiger partial charge >= 0.3 is 0 Å². The van der Waals surface area contributed by atoms with Crippen molar-refractivity contribution in [2.24, 2.45) is 4.99 Å². The standard InChI is InChI=1S/C17H36N4O3S/c1-4-6-7-8-9-16(3)20-17(18-5-2)19-10-15-25(22,23)21-11-13-24-14-12-21/h16H,4-15H2,1-3H3,(H2,18,19,20). The molecule has 0 aromatic rings. The Morgan fingerprint density at radius 1 is 1.20 bits per heavy atom. The minimum absolute atomic E-state index is 0.0362. The molecule has 8 heteroatoms. The Hall–Kier alpha value is -0.860. The molecule has 1 atom stereocenters. The largest absolute Gasteiger partial charge is 0.379 e. The molecule has 1 saturated heterocycles. The molecule has 0 aromatic heterocycles. The molecule has 7 nitrogen and oxygen atoms in total. The zero-order valence-corrected chi connectivity index (χ0v) is 16.9. The summed E-state index contributed by atoms with van der Waals surface area (Å²) in [5, 5.41) is 6.56. The smallest absolute Gasteiger partial charge is 0.216 e. The van der Waals surface area contributed by atoms with Crippen LogP contribution in [-0.4, -0.2) is 69.9 Å². The van der Waals surface area contributed by atoms with E-state index < -0.39 is 10.0 Å². The number of ether oxygens (including phenoxy) is 1. The van der Waals surface area contributed by atoms with Gasteiger partial charge < -0.3 is 15.4 Å². The van der Waals surface area contributed by atoms with Crippen LogP contribution in [0.25, 0.3) is 0 Å². The molecule has 25 heavy (non-hydrogen) atoms. The van der Waals surface area contributed by atoms with Crippen LogP contribution >= 0.6 is 0 Å². The van der Waals surface area contributed by atoms with Crippen molar-refractivity contribution in [3.63, 3.8) is 0 Å². The van der Waals surface area contributed by atoms with Crippen LogP contribution in [0.15, 0.2) is 4.99 Å². The summed E-state index contributed by atoms with van der Waals surface area (Å²) in [6.07, 6.45) is 6.07. The second-order valence-electron chi connectivity index (χ2n) is 6.48. The van der Waals surface area contributed by atoms with Crippen molar-refractivity contribution >= 4 is 16.0 Å². The number of rotatable bonds is 11. The third-order valence-electron chi connectivity index (χ3n) is 4.20. The number of guanidine groups is 1. The first-order valence-electron chi connectivity index (χ1n) is 9.60. The fourth-order valence-corrected chi connectivity index (χ4v) is 4.02. The van der Waals surface area contributed by atoms with Gasteiger partial charge in [-0.15, -0.1) is 0 Å². The van der Waals surface area contributed by atoms with E-state index >= 15 is 0 Å². The molecule has 1 fully saturated rings. The van der Waals surface area contributed by atoms with Crippen molar-refractivity contribution in [1.82, 2.24) is 14.9 Å². The molecule has 148 valence electrons. The molecular weight excluding hydrogens is 340 g/mol. The average molecular weight is 377 g/mol. The summed E-state index contributed by atoms with van der Waals surface area (Å²) >= 11 is 0. The highest BCUT2D eigenvalue weighted by molar-refractivity contribution is 7.89. The van der Waals surface area contributed by atoms with E-state index in [0.717, 1.165) is 13.0 Å². The van der Waals surface area contributed by atoms with E-state index in [-0.39, 0.29) is 12.3 Å². The van der Waals surface area contributed by atoms with Gasteiger partial charge in [-0.2, -0.15) is 4.31 Å². The van der Waals surface area contributed by atoms with Crippen LogP contribution in [0, 0.1) is 0 Å². The summed E-state index contributed by atoms with van der Waals surface area (Å²) in [6, 6.07) is 0.325. The van der Waals surface area contributed by atoms with Crippen molar-refractivity contribution < 1.29 is 13.2 Å². The lowest BCUT2D eigenvalue weighted by Gasteiger charge is -2.25. The van der Waals surface area contributed by atoms with Gasteiger partial charge in [-0.05, 0) is 20.3 Å². The van der Waals surface area contributed by atoms with Gasteiger partial charge in [0.15, 0.2) is 5.96 Å². The first kappa shape index (κ1) is 22.2. The Balaban J connectivity index is 2.43. The highest BCUT2D eigenvalue weighted by atomic mass is 32.2. The number of hydrogen-bond donors (Lipinski definition) is 2. The van der Waals surface area contributed by atoms with Crippen molar-refractivity contribution in [3.8, 4) is 0 Å². The molecule has 2 N–H and O–H groups in total. The Kier molecular flexibility index (Phi) is 11.1. The fourth-order valence-electron chi connectivity index (χ4n) is 2.73. The van der Waals surface area contributed by atoms with E-state index in [4.69, 9.17) is 4.74 Å². The number of sulfonamides is 1. The predicted molar refractivity (Wildman–Crippen MR) is 104 cm³/mol. The molecule has 0 bridgehead atoms. The number of morpholine rings is 1. The SMILES string of the molecule is CCCCCCC(C)NC(=NCCS(=O)(=O)N1CCOCC1)NCC. The van der Waals surface area contributed by atoms with Crippen LogP contribution < -0.4 is 10.6 Å². The molecule has 1 aliphatic heterocycles. The molecule has 0 saturated carbocycles. The van der Waals surface area contributed by atoms with Gasteiger partial charge in [0.2, 0.25) is 10.0 Å². The van der Waals surface area contributed by atoms with Gasteiger partial charge in [0.1, 0.15) is 0 Å². The highest BCUT2D eigenvalue weighted by Gasteiger charge is 2.23. The van der Waals surface area contributed by atoms with Gasteiger partial charge in [0, 0.05) is 25.7 Å². The molecule has 1 rings (SSSR count). The van der Waals surface area contributed by atoms with Crippen molar-refractivity contribution in [3.05, 3.63) is 0 Å². The lowest BCUT2D eigenvalue weighted by molar-refractivity contribution is 0.0731. The van der Waals surface area contributed by atoms with E-state index in [1.165, 1.54) is 30.0 Å². The molecule has 0 aliphatic carbocycles. The Labute approximate surface area is 153 Å². The van der Waals surface area contributed by atoms with Gasteiger partial charge in [-0.3, -0.25) is 4.99 Å². The summed E-state index contributed by atoms with van der Waals surface area (Å²) in [7, 11) is -3.25. The maximum absolute atomic E-state index is 12.3. The van der Waals surface area contributed by atoms with Crippen LogP contribution in [0.5, 0.6) is 0 Å². The maximum Gasteiger partial charge on any atom is 0.216 e. The quantitative estimate of drug-likeness (QED) is 0.325. The molecule has 0 aromatic carbocycles. The third-order valence-corrected chi connectivity index (χ3v) is 6.05. The third kappa shape index (κ3) is 9.42. The molecule has 0 spiro atoms. The van der Waals surface area contributed by atoms with Crippen LogP contribution in [0.2, 0.25) is 0 Å². The lowest BCUT2D eigenvalue weighted by atomic mass is 10.1. The average Bonchev–Trinajstić information content (AvgIpc) is 2.59. The molecule has 1 heterocycles. The normalized spacial score (nSPS) is 18.1. The van der Waals surface area contributed by atoms with Gasteiger partial charge in [-0.25, -0.2) is 8.42 Å². The topological polar surface area (TPSA) is 83.0 Å². The van der Waals surface area contributed by atoms with Crippen LogP contribution in [-0.2, 0) is 14.8 Å². The number of nitrogens with one attached hydrogen (secondary N) is 2. The Bertz CT molecular complexity index is 476. The minimum Gasteiger partial charge on any atom is -0.379 e. The minimum atomic E-state index is -3.25. The molecule has 0 amide bonds. The fraction of sp³-hybridized carbons (Fsp3) is 0.941. The first-order valence-corrected chi connectivity index (χ1v) is 11.2. The van der Waals surface area contributed by atoms with E-state index in [9.17, 15) is 8.42 Å². The summed E-state index contributed by atoms with van der Waals surface area (Å²) in [5.41, 5.74) is 0. The number of nitrogens with zero attached hydrogens (tertiary/aromatic N) is 2. The molecular formula is C17H36N4O3S. The molecule has 1 aliphatic rings. The van der Waals surface area contributed by atoms with Gasteiger partial charge in [-0.1, -0.05) is 32.6 Å². The lowest BCUT2D eigenvalue weighted by Crippen LogP contribution is -2.44. The van der Waals surface area contributed by atoms with E-state index in [1.54, 1.807) is 0 Å². The predicted octanol–water partition coefficient (Wildman–Crippen LogP) is 1.56. The second-order valence-corrected chi connectivity index (χ2v) is 8.57. The summed E-state index contributed by atoms with van der Waals surface area (Å²) in [4.78, 5) is 4.44. The Morgan fingerprint density at radius 2 is 1.92 bits per heavy atom. The summed E-state index contributed by atoms with van der Waals surface area (Å²) in [5.74, 6) is 0.733. The summed E-state index contributed by atoms with van der Waals surface area (Å²) in [6.45, 7) is 9.21. The number of hydrogen-bond acceptors (Lipinski definition) is 4. The molecule has 0 radical (unpaired) electrons. The zero-order valence-electron chi connectivity index (χ0n) is 16.1. The van der Waals surface area contributed by atoms with E-state index in [0.29, 0.717) is 38.3 Å². The van der Waals surface area contributed by atoms with Crippen LogP contribution in [0.1, 0.15) is 52.9 Å². The number of aliphatic imine (C=N–C) groups is 1. The molecule has 1 unspecified atom stereocenters. The van der Waals surface area contributed by atoms with Crippen LogP contribution in [0.3, 0.4) is 0 Å².